The van der Waals surface area contributed by atoms with Crippen LogP contribution in [0.5, 0.6) is 0 Å². The van der Waals surface area contributed by atoms with E-state index in [1.54, 1.807) is 29.3 Å². The number of rotatable bonds is 6. The second-order valence-corrected chi connectivity index (χ2v) is 5.63. The number of hydrogen-bond acceptors (Lipinski definition) is 7. The zero-order valence-corrected chi connectivity index (χ0v) is 13.7. The van der Waals surface area contributed by atoms with Gasteiger partial charge in [-0.1, -0.05) is 0 Å². The highest BCUT2D eigenvalue weighted by Crippen LogP contribution is 2.19. The first-order valence-corrected chi connectivity index (χ1v) is 8.00. The predicted molar refractivity (Wildman–Crippen MR) is 92.3 cm³/mol. The third kappa shape index (κ3) is 3.16. The molecule has 0 atom stereocenters. The molecule has 0 bridgehead atoms. The van der Waals surface area contributed by atoms with Crippen LogP contribution in [0.15, 0.2) is 43.4 Å². The van der Waals surface area contributed by atoms with Crippen molar-refractivity contribution in [2.75, 3.05) is 11.9 Å². The molecule has 126 valence electrons. The number of nitrogens with one attached hydrogen (secondary N) is 1. The third-order valence-corrected chi connectivity index (χ3v) is 3.73. The van der Waals surface area contributed by atoms with Gasteiger partial charge in [-0.15, -0.1) is 0 Å². The van der Waals surface area contributed by atoms with Gasteiger partial charge in [0.25, 0.3) is 5.95 Å². The van der Waals surface area contributed by atoms with Gasteiger partial charge in [-0.25, -0.2) is 19.9 Å². The molecular weight excluding hydrogens is 318 g/mol. The van der Waals surface area contributed by atoms with E-state index in [9.17, 15) is 0 Å². The van der Waals surface area contributed by atoms with Crippen LogP contribution in [0.4, 0.5) is 5.82 Å². The first-order chi connectivity index (χ1) is 12.3. The van der Waals surface area contributed by atoms with Gasteiger partial charge < -0.3 is 5.32 Å². The Balaban J connectivity index is 1.48. The number of aryl methyl sites for hydroxylation is 2. The van der Waals surface area contributed by atoms with Gasteiger partial charge in [0.1, 0.15) is 12.1 Å². The Labute approximate surface area is 143 Å². The van der Waals surface area contributed by atoms with Crippen molar-refractivity contribution in [3.8, 4) is 5.95 Å². The van der Waals surface area contributed by atoms with Crippen LogP contribution >= 0.6 is 0 Å². The van der Waals surface area contributed by atoms with Crippen molar-refractivity contribution in [3.05, 3.63) is 48.9 Å². The number of aromatic nitrogens is 8. The highest BCUT2D eigenvalue weighted by Gasteiger charge is 2.12. The number of hydrogen-bond donors (Lipinski definition) is 1. The lowest BCUT2D eigenvalue weighted by atomic mass is 10.3. The van der Waals surface area contributed by atoms with E-state index < -0.39 is 0 Å². The molecule has 0 fully saturated rings. The third-order valence-electron chi connectivity index (χ3n) is 3.73. The van der Waals surface area contributed by atoms with Crippen LogP contribution in [0.3, 0.4) is 0 Å². The standard InChI is InChI=1S/C16H17N9/c1-12-8-22-24(10-12)7-3-6-17-14-13-9-23-25(15(13)21-11-20-14)16-18-4-2-5-19-16/h2,4-5,8-11H,3,6-7H2,1H3,(H,17,20,21). The zero-order valence-electron chi connectivity index (χ0n) is 13.7. The topological polar surface area (TPSA) is 99.2 Å². The van der Waals surface area contributed by atoms with Crippen LogP contribution in [0.25, 0.3) is 17.0 Å². The molecule has 4 heterocycles. The summed E-state index contributed by atoms with van der Waals surface area (Å²) in [6.45, 7) is 3.66. The number of anilines is 1. The molecule has 0 aliphatic heterocycles. The molecule has 9 nitrogen and oxygen atoms in total. The quantitative estimate of drug-likeness (QED) is 0.534. The normalized spacial score (nSPS) is 11.1. The zero-order chi connectivity index (χ0) is 17.1. The number of nitrogens with zero attached hydrogens (tertiary/aromatic N) is 8. The Morgan fingerprint density at radius 3 is 2.72 bits per heavy atom. The Kier molecular flexibility index (Phi) is 4.03. The van der Waals surface area contributed by atoms with Gasteiger partial charge in [-0.2, -0.15) is 14.9 Å². The van der Waals surface area contributed by atoms with Crippen LogP contribution in [0, 0.1) is 6.92 Å². The molecule has 0 aliphatic rings. The fourth-order valence-electron chi connectivity index (χ4n) is 2.57. The summed E-state index contributed by atoms with van der Waals surface area (Å²) >= 11 is 0. The van der Waals surface area contributed by atoms with Crippen LogP contribution in [-0.4, -0.2) is 46.0 Å². The molecule has 9 heteroatoms. The Morgan fingerprint density at radius 1 is 1.04 bits per heavy atom. The van der Waals surface area contributed by atoms with Gasteiger partial charge in [0, 0.05) is 31.7 Å². The van der Waals surface area contributed by atoms with Crippen molar-refractivity contribution in [2.24, 2.45) is 0 Å². The van der Waals surface area contributed by atoms with Gasteiger partial charge in [0.05, 0.1) is 17.8 Å². The second kappa shape index (κ2) is 6.63. The summed E-state index contributed by atoms with van der Waals surface area (Å²) in [5, 5.41) is 12.8. The van der Waals surface area contributed by atoms with Crippen molar-refractivity contribution in [1.29, 1.82) is 0 Å². The largest absolute Gasteiger partial charge is 0.369 e. The summed E-state index contributed by atoms with van der Waals surface area (Å²) in [4.78, 5) is 17.1. The molecule has 0 spiro atoms. The van der Waals surface area contributed by atoms with Crippen molar-refractivity contribution >= 4 is 16.9 Å². The molecule has 0 amide bonds. The molecule has 25 heavy (non-hydrogen) atoms. The second-order valence-electron chi connectivity index (χ2n) is 5.63. The highest BCUT2D eigenvalue weighted by molar-refractivity contribution is 5.86. The minimum absolute atomic E-state index is 0.483. The lowest BCUT2D eigenvalue weighted by molar-refractivity contribution is 0.591. The summed E-state index contributed by atoms with van der Waals surface area (Å²) in [6, 6.07) is 1.76. The summed E-state index contributed by atoms with van der Waals surface area (Å²) in [6.07, 6.45) is 11.4. The molecule has 0 aromatic carbocycles. The van der Waals surface area contributed by atoms with E-state index in [-0.39, 0.29) is 0 Å². The van der Waals surface area contributed by atoms with E-state index in [1.807, 2.05) is 24.0 Å². The van der Waals surface area contributed by atoms with E-state index >= 15 is 0 Å². The van der Waals surface area contributed by atoms with Gasteiger partial charge in [0.15, 0.2) is 5.65 Å². The Morgan fingerprint density at radius 2 is 1.92 bits per heavy atom. The minimum atomic E-state index is 0.483. The van der Waals surface area contributed by atoms with Crippen LogP contribution in [-0.2, 0) is 6.54 Å². The Hall–Kier alpha value is -3.36. The first-order valence-electron chi connectivity index (χ1n) is 8.00. The molecule has 4 aromatic heterocycles. The predicted octanol–water partition coefficient (Wildman–Crippen LogP) is 1.61. The first kappa shape index (κ1) is 15.2. The highest BCUT2D eigenvalue weighted by atomic mass is 15.4. The van der Waals surface area contributed by atoms with Gasteiger partial charge in [0.2, 0.25) is 0 Å². The summed E-state index contributed by atoms with van der Waals surface area (Å²) < 4.78 is 3.55. The average Bonchev–Trinajstić information content (AvgIpc) is 3.26. The lowest BCUT2D eigenvalue weighted by Crippen LogP contribution is -2.09. The Bertz CT molecular complexity index is 974. The molecule has 0 saturated carbocycles. The lowest BCUT2D eigenvalue weighted by Gasteiger charge is -2.06. The van der Waals surface area contributed by atoms with Crippen LogP contribution in [0.2, 0.25) is 0 Å². The van der Waals surface area contributed by atoms with E-state index in [2.05, 4.69) is 35.5 Å². The monoisotopic (exact) mass is 335 g/mol. The molecule has 0 radical (unpaired) electrons. The summed E-state index contributed by atoms with van der Waals surface area (Å²) in [5.41, 5.74) is 1.84. The van der Waals surface area contributed by atoms with E-state index in [1.165, 1.54) is 11.9 Å². The molecule has 0 aliphatic carbocycles. The van der Waals surface area contributed by atoms with E-state index in [0.717, 1.165) is 30.7 Å². The molecule has 0 unspecified atom stereocenters. The number of fused-ring (bicyclic) bond motifs is 1. The maximum Gasteiger partial charge on any atom is 0.252 e. The van der Waals surface area contributed by atoms with Gasteiger partial charge in [-0.3, -0.25) is 4.68 Å². The van der Waals surface area contributed by atoms with Gasteiger partial charge >= 0.3 is 0 Å². The van der Waals surface area contributed by atoms with Crippen molar-refractivity contribution < 1.29 is 0 Å². The molecule has 1 N–H and O–H groups in total. The maximum absolute atomic E-state index is 4.34. The van der Waals surface area contributed by atoms with Crippen LogP contribution in [0.1, 0.15) is 12.0 Å². The molecule has 4 rings (SSSR count). The van der Waals surface area contributed by atoms with Crippen molar-refractivity contribution in [2.45, 2.75) is 19.9 Å². The smallest absolute Gasteiger partial charge is 0.252 e. The van der Waals surface area contributed by atoms with E-state index in [0.29, 0.717) is 11.6 Å². The SMILES string of the molecule is Cc1cnn(CCCNc2ncnc3c2cnn3-c2ncccn2)c1. The van der Waals surface area contributed by atoms with E-state index in [4.69, 9.17) is 0 Å². The van der Waals surface area contributed by atoms with Crippen molar-refractivity contribution in [3.63, 3.8) is 0 Å². The fraction of sp³-hybridized carbons (Fsp3) is 0.250. The summed E-state index contributed by atoms with van der Waals surface area (Å²) in [5.74, 6) is 1.24. The minimum Gasteiger partial charge on any atom is -0.369 e. The fourth-order valence-corrected chi connectivity index (χ4v) is 2.57. The maximum atomic E-state index is 4.34. The molecule has 0 saturated heterocycles. The van der Waals surface area contributed by atoms with Gasteiger partial charge in [-0.05, 0) is 25.0 Å². The molecular formula is C16H17N9. The average molecular weight is 335 g/mol. The molecule has 4 aromatic rings. The summed E-state index contributed by atoms with van der Waals surface area (Å²) in [7, 11) is 0. The van der Waals surface area contributed by atoms with Crippen molar-refractivity contribution in [1.82, 2.24) is 39.5 Å². The van der Waals surface area contributed by atoms with Crippen LogP contribution < -0.4 is 5.32 Å².